The van der Waals surface area contributed by atoms with Crippen molar-refractivity contribution in [1.29, 1.82) is 0 Å². The SMILES string of the molecule is Cn1cc(C(CN)Sc2ccc3c(c2)CCC3)cn1. The Hall–Kier alpha value is -1.26. The Morgan fingerprint density at radius 2 is 2.21 bits per heavy atom. The van der Waals surface area contributed by atoms with Gasteiger partial charge in [0.05, 0.1) is 6.20 Å². The molecule has 1 heterocycles. The first-order chi connectivity index (χ1) is 9.26. The molecule has 0 saturated carbocycles. The Morgan fingerprint density at radius 1 is 1.37 bits per heavy atom. The topological polar surface area (TPSA) is 43.8 Å². The zero-order valence-corrected chi connectivity index (χ0v) is 12.0. The van der Waals surface area contributed by atoms with Crippen molar-refractivity contribution in [3.05, 3.63) is 47.3 Å². The summed E-state index contributed by atoms with van der Waals surface area (Å²) in [7, 11) is 1.94. The van der Waals surface area contributed by atoms with E-state index in [-0.39, 0.29) is 5.25 Å². The molecule has 19 heavy (non-hydrogen) atoms. The van der Waals surface area contributed by atoms with Crippen molar-refractivity contribution in [3.63, 3.8) is 0 Å². The van der Waals surface area contributed by atoms with Crippen molar-refractivity contribution < 1.29 is 0 Å². The first-order valence-electron chi connectivity index (χ1n) is 6.73. The van der Waals surface area contributed by atoms with Crippen LogP contribution in [0.3, 0.4) is 0 Å². The number of rotatable bonds is 4. The zero-order valence-electron chi connectivity index (χ0n) is 11.2. The van der Waals surface area contributed by atoms with Crippen LogP contribution in [0.4, 0.5) is 0 Å². The van der Waals surface area contributed by atoms with E-state index in [9.17, 15) is 0 Å². The lowest BCUT2D eigenvalue weighted by Gasteiger charge is -2.13. The highest BCUT2D eigenvalue weighted by Crippen LogP contribution is 2.36. The van der Waals surface area contributed by atoms with Crippen molar-refractivity contribution in [2.45, 2.75) is 29.4 Å². The van der Waals surface area contributed by atoms with Crippen molar-refractivity contribution in [1.82, 2.24) is 9.78 Å². The lowest BCUT2D eigenvalue weighted by molar-refractivity contribution is 0.766. The van der Waals surface area contributed by atoms with Gasteiger partial charge in [-0.1, -0.05) is 6.07 Å². The Balaban J connectivity index is 1.79. The van der Waals surface area contributed by atoms with Crippen LogP contribution in [0.15, 0.2) is 35.5 Å². The Morgan fingerprint density at radius 3 is 2.95 bits per heavy atom. The predicted octanol–water partition coefficient (Wildman–Crippen LogP) is 2.70. The van der Waals surface area contributed by atoms with Crippen molar-refractivity contribution in [3.8, 4) is 0 Å². The fraction of sp³-hybridized carbons (Fsp3) is 0.400. The molecule has 2 aromatic rings. The molecule has 3 rings (SSSR count). The van der Waals surface area contributed by atoms with E-state index in [2.05, 4.69) is 29.5 Å². The second kappa shape index (κ2) is 5.39. The number of nitrogens with zero attached hydrogens (tertiary/aromatic N) is 2. The first kappa shape index (κ1) is 12.8. The van der Waals surface area contributed by atoms with Gasteiger partial charge in [0.25, 0.3) is 0 Å². The van der Waals surface area contributed by atoms with Crippen molar-refractivity contribution in [2.75, 3.05) is 6.54 Å². The van der Waals surface area contributed by atoms with Crippen LogP contribution in [-0.4, -0.2) is 16.3 Å². The number of aryl methyl sites for hydroxylation is 3. The maximum absolute atomic E-state index is 5.92. The summed E-state index contributed by atoms with van der Waals surface area (Å²) >= 11 is 1.84. The third kappa shape index (κ3) is 2.69. The van der Waals surface area contributed by atoms with E-state index in [1.54, 1.807) is 0 Å². The highest BCUT2D eigenvalue weighted by Gasteiger charge is 2.16. The molecule has 0 bridgehead atoms. The molecule has 100 valence electrons. The van der Waals surface area contributed by atoms with Gasteiger partial charge in [-0.25, -0.2) is 0 Å². The molecule has 2 N–H and O–H groups in total. The van der Waals surface area contributed by atoms with Crippen LogP contribution in [0, 0.1) is 0 Å². The number of aromatic nitrogens is 2. The van der Waals surface area contributed by atoms with E-state index < -0.39 is 0 Å². The number of fused-ring (bicyclic) bond motifs is 1. The highest BCUT2D eigenvalue weighted by molar-refractivity contribution is 7.99. The van der Waals surface area contributed by atoms with E-state index >= 15 is 0 Å². The van der Waals surface area contributed by atoms with Gasteiger partial charge in [0.2, 0.25) is 0 Å². The molecule has 0 spiro atoms. The number of hydrogen-bond acceptors (Lipinski definition) is 3. The monoisotopic (exact) mass is 273 g/mol. The maximum Gasteiger partial charge on any atom is 0.0533 e. The summed E-state index contributed by atoms with van der Waals surface area (Å²) in [6.07, 6.45) is 7.73. The summed E-state index contributed by atoms with van der Waals surface area (Å²) in [5, 5.41) is 4.52. The van der Waals surface area contributed by atoms with Crippen LogP contribution >= 0.6 is 11.8 Å². The largest absolute Gasteiger partial charge is 0.329 e. The van der Waals surface area contributed by atoms with E-state index in [0.29, 0.717) is 6.54 Å². The van der Waals surface area contributed by atoms with Gasteiger partial charge >= 0.3 is 0 Å². The smallest absolute Gasteiger partial charge is 0.0533 e. The predicted molar refractivity (Wildman–Crippen MR) is 79.3 cm³/mol. The summed E-state index contributed by atoms with van der Waals surface area (Å²) in [4.78, 5) is 1.32. The molecular weight excluding hydrogens is 254 g/mol. The standard InChI is InChI=1S/C15H19N3S/c1-18-10-13(9-17-18)15(8-16)19-14-6-5-11-3-2-4-12(11)7-14/h5-7,9-10,15H,2-4,8,16H2,1H3. The van der Waals surface area contributed by atoms with Crippen LogP contribution < -0.4 is 5.73 Å². The summed E-state index contributed by atoms with van der Waals surface area (Å²) in [5.74, 6) is 0. The molecule has 0 radical (unpaired) electrons. The molecule has 1 aromatic heterocycles. The Kier molecular flexibility index (Phi) is 3.62. The Labute approximate surface area is 118 Å². The fourth-order valence-electron chi connectivity index (χ4n) is 2.64. The number of thioether (sulfide) groups is 1. The average Bonchev–Trinajstić information content (AvgIpc) is 3.04. The van der Waals surface area contributed by atoms with E-state index in [1.165, 1.54) is 40.8 Å². The summed E-state index contributed by atoms with van der Waals surface area (Å²) in [6, 6.07) is 6.85. The molecule has 0 amide bonds. The molecule has 0 aliphatic heterocycles. The Bertz CT molecular complexity index is 577. The minimum atomic E-state index is 0.285. The number of nitrogens with two attached hydrogens (primary N) is 1. The van der Waals surface area contributed by atoms with Gasteiger partial charge < -0.3 is 5.73 Å². The zero-order chi connectivity index (χ0) is 13.2. The maximum atomic E-state index is 5.92. The minimum absolute atomic E-state index is 0.285. The molecule has 4 heteroatoms. The summed E-state index contributed by atoms with van der Waals surface area (Å²) < 4.78 is 1.83. The molecule has 3 nitrogen and oxygen atoms in total. The van der Waals surface area contributed by atoms with Gasteiger partial charge in [-0.3, -0.25) is 4.68 Å². The van der Waals surface area contributed by atoms with Gasteiger partial charge in [0.15, 0.2) is 0 Å². The molecule has 1 atom stereocenters. The molecular formula is C15H19N3S. The molecule has 1 aromatic carbocycles. The quantitative estimate of drug-likeness (QED) is 0.871. The van der Waals surface area contributed by atoms with Crippen LogP contribution in [-0.2, 0) is 19.9 Å². The van der Waals surface area contributed by atoms with Crippen molar-refractivity contribution in [2.24, 2.45) is 12.8 Å². The second-order valence-electron chi connectivity index (χ2n) is 5.07. The normalized spacial score (nSPS) is 15.5. The van der Waals surface area contributed by atoms with Crippen LogP contribution in [0.1, 0.15) is 28.4 Å². The molecule has 0 fully saturated rings. The third-order valence-electron chi connectivity index (χ3n) is 3.66. The summed E-state index contributed by atoms with van der Waals surface area (Å²) in [5.41, 5.74) is 10.2. The molecule has 1 aliphatic rings. The molecule has 1 unspecified atom stereocenters. The van der Waals surface area contributed by atoms with E-state index in [1.807, 2.05) is 29.7 Å². The fourth-order valence-corrected chi connectivity index (χ4v) is 3.68. The second-order valence-corrected chi connectivity index (χ2v) is 6.35. The lowest BCUT2D eigenvalue weighted by Crippen LogP contribution is -2.08. The first-order valence-corrected chi connectivity index (χ1v) is 7.61. The highest BCUT2D eigenvalue weighted by atomic mass is 32.2. The van der Waals surface area contributed by atoms with Gasteiger partial charge in [0.1, 0.15) is 0 Å². The van der Waals surface area contributed by atoms with Gasteiger partial charge in [-0.05, 0) is 42.5 Å². The van der Waals surface area contributed by atoms with Gasteiger partial charge in [-0.2, -0.15) is 5.10 Å². The third-order valence-corrected chi connectivity index (χ3v) is 4.93. The van der Waals surface area contributed by atoms with E-state index in [0.717, 1.165) is 0 Å². The van der Waals surface area contributed by atoms with Crippen LogP contribution in [0.2, 0.25) is 0 Å². The van der Waals surface area contributed by atoms with Crippen molar-refractivity contribution >= 4 is 11.8 Å². The molecule has 0 saturated heterocycles. The summed E-state index contributed by atoms with van der Waals surface area (Å²) in [6.45, 7) is 0.632. The molecule has 1 aliphatic carbocycles. The minimum Gasteiger partial charge on any atom is -0.329 e. The average molecular weight is 273 g/mol. The van der Waals surface area contributed by atoms with Crippen LogP contribution in [0.5, 0.6) is 0 Å². The van der Waals surface area contributed by atoms with Crippen LogP contribution in [0.25, 0.3) is 0 Å². The van der Waals surface area contributed by atoms with E-state index in [4.69, 9.17) is 5.73 Å². The lowest BCUT2D eigenvalue weighted by atomic mass is 10.1. The van der Waals surface area contributed by atoms with Gasteiger partial charge in [-0.15, -0.1) is 11.8 Å². The number of benzene rings is 1. The van der Waals surface area contributed by atoms with Gasteiger partial charge in [0, 0.05) is 35.5 Å². The number of hydrogen-bond donors (Lipinski definition) is 1.